The Hall–Kier alpha value is -2.93. The SMILES string of the molecule is CCc1cc(-c2c[nH]c(=O)c(NC3CN(C(=O)/C=C/CNC(C)C)C3)c2)ccn1. The van der Waals surface area contributed by atoms with Crippen LogP contribution in [0.1, 0.15) is 26.5 Å². The van der Waals surface area contributed by atoms with E-state index in [-0.39, 0.29) is 17.5 Å². The van der Waals surface area contributed by atoms with Crippen LogP contribution in [0, 0.1) is 0 Å². The topological polar surface area (TPSA) is 90.1 Å². The van der Waals surface area contributed by atoms with E-state index in [9.17, 15) is 9.59 Å². The van der Waals surface area contributed by atoms with Gasteiger partial charge in [0.1, 0.15) is 5.69 Å². The Morgan fingerprint density at radius 3 is 2.86 bits per heavy atom. The normalized spacial score (nSPS) is 14.4. The van der Waals surface area contributed by atoms with Crippen molar-refractivity contribution in [1.82, 2.24) is 20.2 Å². The number of likely N-dealkylation sites (tertiary alicyclic amines) is 1. The Morgan fingerprint density at radius 1 is 1.34 bits per heavy atom. The van der Waals surface area contributed by atoms with E-state index in [1.165, 1.54) is 0 Å². The summed E-state index contributed by atoms with van der Waals surface area (Å²) in [5, 5.41) is 6.50. The Morgan fingerprint density at radius 2 is 2.14 bits per heavy atom. The lowest BCUT2D eigenvalue weighted by molar-refractivity contribution is -0.129. The van der Waals surface area contributed by atoms with Crippen LogP contribution in [0.2, 0.25) is 0 Å². The van der Waals surface area contributed by atoms with E-state index in [2.05, 4.69) is 41.4 Å². The third-order valence-corrected chi connectivity index (χ3v) is 4.87. The highest BCUT2D eigenvalue weighted by Crippen LogP contribution is 2.21. The highest BCUT2D eigenvalue weighted by atomic mass is 16.2. The number of H-pyrrole nitrogens is 1. The van der Waals surface area contributed by atoms with Crippen LogP contribution in [-0.4, -0.2) is 52.5 Å². The van der Waals surface area contributed by atoms with Gasteiger partial charge < -0.3 is 20.5 Å². The minimum Gasteiger partial charge on any atom is -0.374 e. The average molecular weight is 396 g/mol. The van der Waals surface area contributed by atoms with Crippen molar-refractivity contribution in [2.45, 2.75) is 39.3 Å². The van der Waals surface area contributed by atoms with E-state index in [1.807, 2.05) is 24.3 Å². The van der Waals surface area contributed by atoms with Gasteiger partial charge in [0, 0.05) is 55.4 Å². The molecule has 0 unspecified atom stereocenters. The first-order chi connectivity index (χ1) is 14.0. The van der Waals surface area contributed by atoms with Crippen molar-refractivity contribution >= 4 is 11.6 Å². The number of nitrogens with one attached hydrogen (secondary N) is 3. The Bertz CT molecular complexity index is 929. The van der Waals surface area contributed by atoms with Crippen LogP contribution in [0.5, 0.6) is 0 Å². The maximum atomic E-state index is 12.2. The van der Waals surface area contributed by atoms with Crippen LogP contribution in [0.4, 0.5) is 5.69 Å². The smallest absolute Gasteiger partial charge is 0.271 e. The van der Waals surface area contributed by atoms with Gasteiger partial charge in [-0.2, -0.15) is 0 Å². The van der Waals surface area contributed by atoms with Crippen LogP contribution in [-0.2, 0) is 11.2 Å². The summed E-state index contributed by atoms with van der Waals surface area (Å²) < 4.78 is 0. The molecule has 1 fully saturated rings. The van der Waals surface area contributed by atoms with Gasteiger partial charge in [-0.1, -0.05) is 26.8 Å². The Labute approximate surface area is 171 Å². The summed E-state index contributed by atoms with van der Waals surface area (Å²) in [7, 11) is 0. The van der Waals surface area contributed by atoms with Gasteiger partial charge in [-0.15, -0.1) is 0 Å². The second-order valence-corrected chi connectivity index (χ2v) is 7.57. The molecule has 3 N–H and O–H groups in total. The number of carbonyl (C=O) groups is 1. The summed E-state index contributed by atoms with van der Waals surface area (Å²) in [6, 6.07) is 6.28. The lowest BCUT2D eigenvalue weighted by atomic mass is 10.1. The molecule has 1 amide bonds. The molecule has 1 saturated heterocycles. The maximum Gasteiger partial charge on any atom is 0.271 e. The minimum absolute atomic E-state index is 0.000136. The van der Waals surface area contributed by atoms with Crippen molar-refractivity contribution in [3.63, 3.8) is 0 Å². The van der Waals surface area contributed by atoms with Crippen molar-refractivity contribution in [3.8, 4) is 11.1 Å². The molecule has 2 aromatic rings. The van der Waals surface area contributed by atoms with Crippen LogP contribution >= 0.6 is 0 Å². The zero-order valence-electron chi connectivity index (χ0n) is 17.2. The van der Waals surface area contributed by atoms with E-state index in [4.69, 9.17) is 0 Å². The fraction of sp³-hybridized carbons (Fsp3) is 0.409. The molecule has 0 bridgehead atoms. The Balaban J connectivity index is 1.58. The second kappa shape index (κ2) is 9.52. The number of rotatable bonds is 8. The molecule has 0 atom stereocenters. The first-order valence-corrected chi connectivity index (χ1v) is 10.1. The van der Waals surface area contributed by atoms with Crippen molar-refractivity contribution in [2.24, 2.45) is 0 Å². The quantitative estimate of drug-likeness (QED) is 0.596. The molecule has 1 aliphatic rings. The van der Waals surface area contributed by atoms with Gasteiger partial charge in [0.05, 0.1) is 6.04 Å². The highest BCUT2D eigenvalue weighted by molar-refractivity contribution is 5.88. The fourth-order valence-corrected chi connectivity index (χ4v) is 3.15. The van der Waals surface area contributed by atoms with Crippen molar-refractivity contribution in [1.29, 1.82) is 0 Å². The number of anilines is 1. The molecule has 1 aliphatic heterocycles. The van der Waals surface area contributed by atoms with E-state index < -0.39 is 0 Å². The largest absolute Gasteiger partial charge is 0.374 e. The van der Waals surface area contributed by atoms with E-state index in [1.54, 1.807) is 23.4 Å². The molecule has 0 radical (unpaired) electrons. The number of aryl methyl sites for hydroxylation is 1. The van der Waals surface area contributed by atoms with E-state index >= 15 is 0 Å². The molecule has 2 aromatic heterocycles. The van der Waals surface area contributed by atoms with Crippen LogP contribution in [0.3, 0.4) is 0 Å². The third-order valence-electron chi connectivity index (χ3n) is 4.87. The van der Waals surface area contributed by atoms with Crippen molar-refractivity contribution < 1.29 is 4.79 Å². The number of nitrogens with zero attached hydrogens (tertiary/aromatic N) is 2. The summed E-state index contributed by atoms with van der Waals surface area (Å²) >= 11 is 0. The van der Waals surface area contributed by atoms with Crippen molar-refractivity contribution in [3.05, 3.63) is 58.8 Å². The second-order valence-electron chi connectivity index (χ2n) is 7.57. The van der Waals surface area contributed by atoms with Gasteiger partial charge in [-0.3, -0.25) is 14.6 Å². The lowest BCUT2D eigenvalue weighted by Gasteiger charge is -2.39. The minimum atomic E-state index is -0.164. The molecule has 0 aliphatic carbocycles. The monoisotopic (exact) mass is 395 g/mol. The van der Waals surface area contributed by atoms with Crippen LogP contribution in [0.25, 0.3) is 11.1 Å². The first kappa shape index (κ1) is 20.8. The first-order valence-electron chi connectivity index (χ1n) is 10.1. The van der Waals surface area contributed by atoms with Crippen molar-refractivity contribution in [2.75, 3.05) is 25.0 Å². The van der Waals surface area contributed by atoms with Gasteiger partial charge in [0.25, 0.3) is 5.56 Å². The molecule has 7 nitrogen and oxygen atoms in total. The molecule has 0 saturated carbocycles. The molecular weight excluding hydrogens is 366 g/mol. The zero-order chi connectivity index (χ0) is 20.8. The number of carbonyl (C=O) groups excluding carboxylic acids is 1. The molecule has 7 heteroatoms. The molecule has 3 heterocycles. The van der Waals surface area contributed by atoms with E-state index in [0.29, 0.717) is 31.4 Å². The predicted octanol–water partition coefficient (Wildman–Crippen LogP) is 2.18. The van der Waals surface area contributed by atoms with E-state index in [0.717, 1.165) is 23.2 Å². The molecule has 0 aromatic carbocycles. The fourth-order valence-electron chi connectivity index (χ4n) is 3.15. The summed E-state index contributed by atoms with van der Waals surface area (Å²) in [4.78, 5) is 33.2. The van der Waals surface area contributed by atoms with Gasteiger partial charge >= 0.3 is 0 Å². The maximum absolute atomic E-state index is 12.2. The molecule has 29 heavy (non-hydrogen) atoms. The standard InChI is InChI=1S/C22H29N5O2/c1-4-18-10-16(7-9-24-18)17-11-20(22(29)25-12-17)26-19-13-27(14-19)21(28)6-5-8-23-15(2)3/h5-7,9-12,15,19,23,26H,4,8,13-14H2,1-3H3,(H,25,29)/b6-5+. The van der Waals surface area contributed by atoms with Gasteiger partial charge in [-0.25, -0.2) is 0 Å². The van der Waals surface area contributed by atoms with Gasteiger partial charge in [-0.05, 0) is 30.2 Å². The number of pyridine rings is 2. The number of hydrogen-bond donors (Lipinski definition) is 3. The third kappa shape index (κ3) is 5.54. The molecule has 3 rings (SSSR count). The van der Waals surface area contributed by atoms with Crippen LogP contribution < -0.4 is 16.2 Å². The summed E-state index contributed by atoms with van der Waals surface area (Å²) in [5.74, 6) is 0.000136. The number of amides is 1. The summed E-state index contributed by atoms with van der Waals surface area (Å²) in [6.45, 7) is 8.03. The summed E-state index contributed by atoms with van der Waals surface area (Å²) in [6.07, 6.45) is 7.81. The number of aromatic amines is 1. The predicted molar refractivity (Wildman–Crippen MR) is 116 cm³/mol. The molecular formula is C22H29N5O2. The van der Waals surface area contributed by atoms with Gasteiger partial charge in [0.2, 0.25) is 5.91 Å². The summed E-state index contributed by atoms with van der Waals surface area (Å²) in [5.41, 5.74) is 3.31. The average Bonchev–Trinajstić information content (AvgIpc) is 2.68. The van der Waals surface area contributed by atoms with Crippen LogP contribution in [0.15, 0.2) is 47.5 Å². The number of aromatic nitrogens is 2. The molecule has 154 valence electrons. The lowest BCUT2D eigenvalue weighted by Crippen LogP contribution is -2.57. The zero-order valence-corrected chi connectivity index (χ0v) is 17.2. The highest BCUT2D eigenvalue weighted by Gasteiger charge is 2.29. The van der Waals surface area contributed by atoms with Gasteiger partial charge in [0.15, 0.2) is 0 Å². The molecule has 0 spiro atoms. The Kier molecular flexibility index (Phi) is 6.82. The number of hydrogen-bond acceptors (Lipinski definition) is 5.